The van der Waals surface area contributed by atoms with E-state index in [2.05, 4.69) is 25.4 Å². The third kappa shape index (κ3) is 4.11. The molecular formula is C14H21ClN2O2S. The topological polar surface area (TPSA) is 55.2 Å². The highest BCUT2D eigenvalue weighted by atomic mass is 35.5. The van der Waals surface area contributed by atoms with Crippen molar-refractivity contribution in [2.24, 2.45) is 0 Å². The lowest BCUT2D eigenvalue weighted by molar-refractivity contribution is -0.385. The van der Waals surface area contributed by atoms with E-state index in [1.54, 1.807) is 12.1 Å². The van der Waals surface area contributed by atoms with Crippen LogP contribution in [0.5, 0.6) is 0 Å². The smallest absolute Gasteiger partial charge is 0.275 e. The summed E-state index contributed by atoms with van der Waals surface area (Å²) in [5.74, 6) is 0. The van der Waals surface area contributed by atoms with Crippen molar-refractivity contribution in [3.8, 4) is 0 Å². The van der Waals surface area contributed by atoms with Crippen LogP contribution in [0.3, 0.4) is 0 Å². The van der Waals surface area contributed by atoms with E-state index in [4.69, 9.17) is 11.6 Å². The molecule has 1 N–H and O–H groups in total. The minimum atomic E-state index is -0.385. The molecule has 6 heteroatoms. The van der Waals surface area contributed by atoms with Gasteiger partial charge >= 0.3 is 0 Å². The molecule has 0 aliphatic rings. The molecule has 0 aromatic heterocycles. The van der Waals surface area contributed by atoms with Crippen LogP contribution in [-0.4, -0.2) is 22.5 Å². The second-order valence-electron chi connectivity index (χ2n) is 4.69. The molecule has 20 heavy (non-hydrogen) atoms. The zero-order valence-electron chi connectivity index (χ0n) is 12.1. The number of benzene rings is 1. The van der Waals surface area contributed by atoms with Gasteiger partial charge in [-0.05, 0) is 25.2 Å². The van der Waals surface area contributed by atoms with Gasteiger partial charge in [0.15, 0.2) is 0 Å². The Morgan fingerprint density at radius 2 is 2.05 bits per heavy atom. The van der Waals surface area contributed by atoms with E-state index < -0.39 is 0 Å². The zero-order chi connectivity index (χ0) is 15.2. The van der Waals surface area contributed by atoms with Crippen LogP contribution in [0, 0.1) is 10.1 Å². The fraction of sp³-hybridized carbons (Fsp3) is 0.571. The van der Waals surface area contributed by atoms with Crippen molar-refractivity contribution in [3.05, 3.63) is 38.9 Å². The summed E-state index contributed by atoms with van der Waals surface area (Å²) in [4.78, 5) is 10.6. The highest BCUT2D eigenvalue weighted by Gasteiger charge is 2.25. The third-order valence-electron chi connectivity index (χ3n) is 3.76. The maximum Gasteiger partial charge on any atom is 0.275 e. The third-order valence-corrected chi connectivity index (χ3v) is 5.70. The minimum Gasteiger partial charge on any atom is -0.311 e. The van der Waals surface area contributed by atoms with Crippen LogP contribution in [0.25, 0.3) is 0 Å². The fourth-order valence-corrected chi connectivity index (χ4v) is 3.23. The number of nitrogens with one attached hydrogen (secondary N) is 1. The van der Waals surface area contributed by atoms with Gasteiger partial charge in [0.1, 0.15) is 0 Å². The van der Waals surface area contributed by atoms with Crippen molar-refractivity contribution in [2.75, 3.05) is 12.8 Å². The Morgan fingerprint density at radius 3 is 2.55 bits per heavy atom. The number of nitro groups is 1. The first-order valence-corrected chi connectivity index (χ1v) is 8.27. The van der Waals surface area contributed by atoms with Crippen LogP contribution < -0.4 is 5.32 Å². The summed E-state index contributed by atoms with van der Waals surface area (Å²) >= 11 is 7.91. The second kappa shape index (κ2) is 7.86. The number of rotatable bonds is 8. The Kier molecular flexibility index (Phi) is 6.79. The van der Waals surface area contributed by atoms with Gasteiger partial charge in [-0.1, -0.05) is 31.5 Å². The van der Waals surface area contributed by atoms with Crippen LogP contribution in [0.4, 0.5) is 5.69 Å². The Morgan fingerprint density at radius 1 is 1.40 bits per heavy atom. The minimum absolute atomic E-state index is 0.0766. The van der Waals surface area contributed by atoms with Gasteiger partial charge in [0.2, 0.25) is 0 Å². The lowest BCUT2D eigenvalue weighted by Crippen LogP contribution is -2.36. The number of hydrogen-bond acceptors (Lipinski definition) is 4. The average molecular weight is 317 g/mol. The molecule has 1 aromatic rings. The van der Waals surface area contributed by atoms with E-state index >= 15 is 0 Å². The van der Waals surface area contributed by atoms with E-state index in [-0.39, 0.29) is 15.4 Å². The highest BCUT2D eigenvalue weighted by molar-refractivity contribution is 8.00. The van der Waals surface area contributed by atoms with Gasteiger partial charge in [-0.15, -0.1) is 0 Å². The van der Waals surface area contributed by atoms with Crippen LogP contribution >= 0.6 is 23.4 Å². The second-order valence-corrected chi connectivity index (χ2v) is 6.37. The van der Waals surface area contributed by atoms with Crippen LogP contribution in [0.15, 0.2) is 18.2 Å². The number of hydrogen-bond donors (Lipinski definition) is 1. The number of halogens is 1. The van der Waals surface area contributed by atoms with Gasteiger partial charge in [0, 0.05) is 23.9 Å². The largest absolute Gasteiger partial charge is 0.311 e. The summed E-state index contributed by atoms with van der Waals surface area (Å²) in [6.07, 6.45) is 4.22. The number of thioether (sulfide) groups is 1. The standard InChI is InChI=1S/C14H21ClN2O2S/c1-4-14(5-2,20-3)10-16-9-11-12(15)7-6-8-13(11)17(18)19/h6-8,16H,4-5,9-10H2,1-3H3. The maximum atomic E-state index is 11.0. The normalized spacial score (nSPS) is 11.6. The van der Waals surface area contributed by atoms with Crippen molar-refractivity contribution >= 4 is 29.1 Å². The maximum absolute atomic E-state index is 11.0. The molecule has 0 heterocycles. The molecule has 0 amide bonds. The van der Waals surface area contributed by atoms with Crippen molar-refractivity contribution in [2.45, 2.75) is 38.0 Å². The predicted molar refractivity (Wildman–Crippen MR) is 86.6 cm³/mol. The lowest BCUT2D eigenvalue weighted by Gasteiger charge is -2.30. The van der Waals surface area contributed by atoms with Crippen molar-refractivity contribution < 1.29 is 4.92 Å². The van der Waals surface area contributed by atoms with E-state index in [0.717, 1.165) is 19.4 Å². The molecule has 0 fully saturated rings. The molecule has 0 aliphatic heterocycles. The van der Waals surface area contributed by atoms with E-state index in [0.29, 0.717) is 17.1 Å². The molecular weight excluding hydrogens is 296 g/mol. The molecule has 0 radical (unpaired) electrons. The monoisotopic (exact) mass is 316 g/mol. The summed E-state index contributed by atoms with van der Waals surface area (Å²) in [6.45, 7) is 5.56. The van der Waals surface area contributed by atoms with Crippen LogP contribution in [-0.2, 0) is 6.54 Å². The van der Waals surface area contributed by atoms with Crippen molar-refractivity contribution in [1.29, 1.82) is 0 Å². The zero-order valence-corrected chi connectivity index (χ0v) is 13.7. The first-order chi connectivity index (χ1) is 9.49. The van der Waals surface area contributed by atoms with Crippen molar-refractivity contribution in [1.82, 2.24) is 5.32 Å². The lowest BCUT2D eigenvalue weighted by atomic mass is 10.0. The summed E-state index contributed by atoms with van der Waals surface area (Å²) < 4.78 is 0.177. The quantitative estimate of drug-likeness (QED) is 0.575. The summed E-state index contributed by atoms with van der Waals surface area (Å²) in [7, 11) is 0. The molecule has 0 saturated heterocycles. The Labute approximate surface area is 129 Å². The summed E-state index contributed by atoms with van der Waals surface area (Å²) in [5, 5.41) is 14.8. The molecule has 4 nitrogen and oxygen atoms in total. The van der Waals surface area contributed by atoms with Crippen LogP contribution in [0.1, 0.15) is 32.3 Å². The molecule has 0 spiro atoms. The van der Waals surface area contributed by atoms with Gasteiger partial charge in [-0.3, -0.25) is 10.1 Å². The summed E-state index contributed by atoms with van der Waals surface area (Å²) in [6, 6.07) is 4.78. The Bertz CT molecular complexity index is 456. The molecule has 1 rings (SSSR count). The molecule has 0 aliphatic carbocycles. The van der Waals surface area contributed by atoms with Gasteiger partial charge in [0.05, 0.1) is 15.5 Å². The SMILES string of the molecule is CCC(CC)(CNCc1c(Cl)cccc1[N+](=O)[O-])SC. The number of nitro benzene ring substituents is 1. The highest BCUT2D eigenvalue weighted by Crippen LogP contribution is 2.30. The first-order valence-electron chi connectivity index (χ1n) is 6.67. The summed E-state index contributed by atoms with van der Waals surface area (Å²) in [5.41, 5.74) is 0.633. The molecule has 1 aromatic carbocycles. The Balaban J connectivity index is 2.78. The van der Waals surface area contributed by atoms with Crippen LogP contribution in [0.2, 0.25) is 5.02 Å². The first kappa shape index (κ1) is 17.3. The average Bonchev–Trinajstić information content (AvgIpc) is 2.45. The van der Waals surface area contributed by atoms with Gasteiger partial charge in [-0.25, -0.2) is 0 Å². The van der Waals surface area contributed by atoms with Gasteiger partial charge in [-0.2, -0.15) is 11.8 Å². The predicted octanol–water partition coefficient (Wildman–Crippen LogP) is 4.26. The van der Waals surface area contributed by atoms with Gasteiger partial charge in [0.25, 0.3) is 5.69 Å². The van der Waals surface area contributed by atoms with E-state index in [1.807, 2.05) is 11.8 Å². The van der Waals surface area contributed by atoms with Crippen molar-refractivity contribution in [3.63, 3.8) is 0 Å². The number of nitrogens with zero attached hydrogens (tertiary/aromatic N) is 1. The fourth-order valence-electron chi connectivity index (χ4n) is 2.17. The molecule has 0 saturated carbocycles. The molecule has 0 atom stereocenters. The molecule has 0 bridgehead atoms. The van der Waals surface area contributed by atoms with E-state index in [1.165, 1.54) is 6.07 Å². The van der Waals surface area contributed by atoms with E-state index in [9.17, 15) is 10.1 Å². The van der Waals surface area contributed by atoms with Gasteiger partial charge < -0.3 is 5.32 Å². The molecule has 112 valence electrons. The molecule has 0 unspecified atom stereocenters. The Hall–Kier alpha value is -0.780.